The first-order valence-corrected chi connectivity index (χ1v) is 8.68. The Morgan fingerprint density at radius 2 is 2.10 bits per heavy atom. The summed E-state index contributed by atoms with van der Waals surface area (Å²) < 4.78 is 38.2. The summed E-state index contributed by atoms with van der Waals surface area (Å²) in [6.07, 6.45) is 0.338. The molecule has 0 aliphatic rings. The van der Waals surface area contributed by atoms with Gasteiger partial charge in [-0.25, -0.2) is 17.6 Å². The zero-order valence-corrected chi connectivity index (χ0v) is 12.8. The molecule has 0 aliphatic heterocycles. The van der Waals surface area contributed by atoms with Crippen molar-refractivity contribution in [2.24, 2.45) is 0 Å². The normalized spacial score (nSPS) is 11.5. The number of carboxylic acid groups (broad SMARTS) is 1. The molecule has 0 atom stereocenters. The number of rotatable bonds is 5. The molecule has 1 N–H and O–H groups in total. The number of carbonyl (C=O) groups is 1. The fraction of sp³-hybridized carbons (Fsp3) is 0.214. The molecule has 2 aromatic rings. The number of hydrogen-bond acceptors (Lipinski definition) is 4. The summed E-state index contributed by atoms with van der Waals surface area (Å²) in [5.41, 5.74) is 0.286. The Balaban J connectivity index is 2.33. The summed E-state index contributed by atoms with van der Waals surface area (Å²) in [5.74, 6) is -2.53. The Hall–Kier alpha value is -1.73. The van der Waals surface area contributed by atoms with Crippen LogP contribution < -0.4 is 0 Å². The quantitative estimate of drug-likeness (QED) is 0.857. The molecule has 1 heterocycles. The molecule has 21 heavy (non-hydrogen) atoms. The third kappa shape index (κ3) is 3.48. The van der Waals surface area contributed by atoms with Crippen molar-refractivity contribution in [2.75, 3.05) is 5.75 Å². The van der Waals surface area contributed by atoms with Crippen LogP contribution >= 0.6 is 11.3 Å². The standard InChI is InChI=1S/C14H13FO4S2/c1-9-6-11(7-12(13(9)15)14(16)17)21(18,19)5-3-10-2-4-20-8-10/h2,4,6-8H,3,5H2,1H3,(H,16,17). The van der Waals surface area contributed by atoms with Gasteiger partial charge in [0.1, 0.15) is 5.82 Å². The number of benzene rings is 1. The summed E-state index contributed by atoms with van der Waals surface area (Å²) in [4.78, 5) is 10.8. The van der Waals surface area contributed by atoms with E-state index in [0.717, 1.165) is 11.6 Å². The van der Waals surface area contributed by atoms with E-state index in [9.17, 15) is 17.6 Å². The van der Waals surface area contributed by atoms with Gasteiger partial charge in [-0.3, -0.25) is 0 Å². The first kappa shape index (κ1) is 15.7. The maximum Gasteiger partial charge on any atom is 0.338 e. The first-order chi connectivity index (χ1) is 9.81. The number of aromatic carboxylic acids is 1. The lowest BCUT2D eigenvalue weighted by Gasteiger charge is -2.08. The molecular weight excluding hydrogens is 315 g/mol. The number of hydrogen-bond donors (Lipinski definition) is 1. The molecule has 0 spiro atoms. The van der Waals surface area contributed by atoms with Gasteiger partial charge in [0.05, 0.1) is 16.2 Å². The molecule has 0 saturated heterocycles. The molecule has 0 bridgehead atoms. The number of thiophene rings is 1. The van der Waals surface area contributed by atoms with E-state index >= 15 is 0 Å². The Morgan fingerprint density at radius 3 is 2.67 bits per heavy atom. The van der Waals surface area contributed by atoms with Crippen LogP contribution in [0.1, 0.15) is 21.5 Å². The van der Waals surface area contributed by atoms with E-state index in [1.807, 2.05) is 16.8 Å². The Kier molecular flexibility index (Phi) is 4.43. The van der Waals surface area contributed by atoms with Crippen LogP contribution in [0.3, 0.4) is 0 Å². The van der Waals surface area contributed by atoms with Crippen molar-refractivity contribution in [1.29, 1.82) is 0 Å². The number of sulfone groups is 1. The van der Waals surface area contributed by atoms with Gasteiger partial charge in [-0.15, -0.1) is 0 Å². The Morgan fingerprint density at radius 1 is 1.38 bits per heavy atom. The van der Waals surface area contributed by atoms with Crippen LogP contribution in [0, 0.1) is 12.7 Å². The second kappa shape index (κ2) is 5.95. The van der Waals surface area contributed by atoms with Crippen molar-refractivity contribution < 1.29 is 22.7 Å². The first-order valence-electron chi connectivity index (χ1n) is 6.08. The monoisotopic (exact) mass is 328 g/mol. The predicted octanol–water partition coefficient (Wildman–Crippen LogP) is 2.91. The van der Waals surface area contributed by atoms with Crippen molar-refractivity contribution in [3.8, 4) is 0 Å². The van der Waals surface area contributed by atoms with Crippen molar-refractivity contribution in [3.63, 3.8) is 0 Å². The van der Waals surface area contributed by atoms with Gasteiger partial charge < -0.3 is 5.11 Å². The van der Waals surface area contributed by atoms with Gasteiger partial charge in [-0.05, 0) is 53.4 Å². The van der Waals surface area contributed by atoms with Crippen molar-refractivity contribution in [3.05, 3.63) is 51.5 Å². The lowest BCUT2D eigenvalue weighted by molar-refractivity contribution is 0.0691. The van der Waals surface area contributed by atoms with Gasteiger partial charge in [0.15, 0.2) is 9.84 Å². The smallest absolute Gasteiger partial charge is 0.338 e. The van der Waals surface area contributed by atoms with Gasteiger partial charge in [0.25, 0.3) is 0 Å². The van der Waals surface area contributed by atoms with Crippen LogP contribution in [0.5, 0.6) is 0 Å². The molecule has 4 nitrogen and oxygen atoms in total. The zero-order valence-electron chi connectivity index (χ0n) is 11.2. The third-order valence-corrected chi connectivity index (χ3v) is 5.48. The summed E-state index contributed by atoms with van der Waals surface area (Å²) in [6.45, 7) is 1.35. The van der Waals surface area contributed by atoms with E-state index in [2.05, 4.69) is 0 Å². The average molecular weight is 328 g/mol. The van der Waals surface area contributed by atoms with Gasteiger partial charge >= 0.3 is 5.97 Å². The second-order valence-electron chi connectivity index (χ2n) is 4.61. The molecule has 2 rings (SSSR count). The van der Waals surface area contributed by atoms with Crippen LogP contribution in [0.15, 0.2) is 33.9 Å². The number of halogens is 1. The molecule has 112 valence electrons. The highest BCUT2D eigenvalue weighted by atomic mass is 32.2. The summed E-state index contributed by atoms with van der Waals surface area (Å²) in [6, 6.07) is 3.89. The third-order valence-electron chi connectivity index (χ3n) is 3.06. The van der Waals surface area contributed by atoms with Gasteiger partial charge in [0.2, 0.25) is 0 Å². The fourth-order valence-corrected chi connectivity index (χ4v) is 3.97. The summed E-state index contributed by atoms with van der Waals surface area (Å²) in [5, 5.41) is 12.6. The molecule has 0 radical (unpaired) electrons. The topological polar surface area (TPSA) is 71.4 Å². The van der Waals surface area contributed by atoms with Crippen LogP contribution in [-0.2, 0) is 16.3 Å². The van der Waals surface area contributed by atoms with Crippen molar-refractivity contribution >= 4 is 27.1 Å². The number of carboxylic acids is 1. The van der Waals surface area contributed by atoms with Crippen LogP contribution in [0.2, 0.25) is 0 Å². The minimum Gasteiger partial charge on any atom is -0.478 e. The van der Waals surface area contributed by atoms with E-state index in [4.69, 9.17) is 5.11 Å². The minimum absolute atomic E-state index is 0.00371. The van der Waals surface area contributed by atoms with E-state index in [-0.39, 0.29) is 16.2 Å². The van der Waals surface area contributed by atoms with Crippen molar-refractivity contribution in [1.82, 2.24) is 0 Å². The van der Waals surface area contributed by atoms with E-state index in [0.29, 0.717) is 6.42 Å². The van der Waals surface area contributed by atoms with Gasteiger partial charge in [0, 0.05) is 0 Å². The zero-order chi connectivity index (χ0) is 15.6. The predicted molar refractivity (Wildman–Crippen MR) is 78.2 cm³/mol. The second-order valence-corrected chi connectivity index (χ2v) is 7.50. The molecule has 1 aromatic carbocycles. The molecule has 0 unspecified atom stereocenters. The average Bonchev–Trinajstić information content (AvgIpc) is 2.92. The fourth-order valence-electron chi connectivity index (χ4n) is 1.88. The Labute approximate surface area is 125 Å². The lowest BCUT2D eigenvalue weighted by Crippen LogP contribution is -2.12. The van der Waals surface area contributed by atoms with Crippen LogP contribution in [0.25, 0.3) is 0 Å². The van der Waals surface area contributed by atoms with E-state index < -0.39 is 27.2 Å². The number of aryl methyl sites for hydroxylation is 2. The maximum absolute atomic E-state index is 13.7. The molecule has 7 heteroatoms. The summed E-state index contributed by atoms with van der Waals surface area (Å²) in [7, 11) is -3.66. The SMILES string of the molecule is Cc1cc(S(=O)(=O)CCc2ccsc2)cc(C(=O)O)c1F. The largest absolute Gasteiger partial charge is 0.478 e. The molecule has 0 saturated carbocycles. The molecular formula is C14H13FO4S2. The van der Waals surface area contributed by atoms with Crippen molar-refractivity contribution in [2.45, 2.75) is 18.2 Å². The highest BCUT2D eigenvalue weighted by Crippen LogP contribution is 2.21. The minimum atomic E-state index is -3.66. The van der Waals surface area contributed by atoms with E-state index in [1.54, 1.807) is 0 Å². The van der Waals surface area contributed by atoms with Gasteiger partial charge in [-0.2, -0.15) is 11.3 Å². The van der Waals surface area contributed by atoms with E-state index in [1.165, 1.54) is 24.3 Å². The Bertz CT molecular complexity index is 765. The molecule has 0 fully saturated rings. The highest BCUT2D eigenvalue weighted by molar-refractivity contribution is 7.91. The molecule has 1 aromatic heterocycles. The van der Waals surface area contributed by atoms with Crippen LogP contribution in [0.4, 0.5) is 4.39 Å². The lowest BCUT2D eigenvalue weighted by atomic mass is 10.1. The molecule has 0 aliphatic carbocycles. The summed E-state index contributed by atoms with van der Waals surface area (Å²) >= 11 is 1.47. The maximum atomic E-state index is 13.7. The highest BCUT2D eigenvalue weighted by Gasteiger charge is 2.21. The van der Waals surface area contributed by atoms with Crippen LogP contribution in [-0.4, -0.2) is 25.2 Å². The van der Waals surface area contributed by atoms with Gasteiger partial charge in [-0.1, -0.05) is 0 Å². The molecule has 0 amide bonds.